The maximum atomic E-state index is 10.6. The van der Waals surface area contributed by atoms with Crippen molar-refractivity contribution in [3.8, 4) is 0 Å². The van der Waals surface area contributed by atoms with E-state index >= 15 is 0 Å². The van der Waals surface area contributed by atoms with Crippen LogP contribution in [0.4, 0.5) is 0 Å². The monoisotopic (exact) mass is 528 g/mol. The van der Waals surface area contributed by atoms with Crippen LogP contribution in [0.1, 0.15) is 80.1 Å². The fraction of sp³-hybridized carbons (Fsp3) is 0.529. The molecule has 206 valence electrons. The van der Waals surface area contributed by atoms with Crippen molar-refractivity contribution < 1.29 is 24.1 Å². The molecule has 3 aromatic carbocycles. The maximum absolute atomic E-state index is 10.6. The van der Waals surface area contributed by atoms with Crippen LogP contribution in [0.2, 0.25) is 0 Å². The summed E-state index contributed by atoms with van der Waals surface area (Å²) in [7, 11) is 0. The molecule has 2 saturated heterocycles. The van der Waals surface area contributed by atoms with Gasteiger partial charge in [-0.25, -0.2) is 0 Å². The molecule has 6 unspecified atom stereocenters. The molecular weight excluding hydrogens is 488 g/mol. The van der Waals surface area contributed by atoms with Crippen LogP contribution in [0.25, 0.3) is 10.8 Å². The Hall–Kier alpha value is -2.28. The molecule has 4 fully saturated rings. The van der Waals surface area contributed by atoms with Gasteiger partial charge in [0.25, 0.3) is 0 Å². The number of rotatable bonds is 5. The topological polar surface area (TPSA) is 57.2 Å². The highest BCUT2D eigenvalue weighted by molar-refractivity contribution is 5.83. The number of fused-ring (bicyclic) bond motifs is 2. The number of ether oxygens (including phenoxy) is 4. The minimum absolute atomic E-state index is 0.0878. The molecular formula is C34H40O5. The average Bonchev–Trinajstić information content (AvgIpc) is 3.76. The van der Waals surface area contributed by atoms with Crippen LogP contribution in [-0.4, -0.2) is 35.1 Å². The van der Waals surface area contributed by atoms with Gasteiger partial charge in [-0.15, -0.1) is 0 Å². The van der Waals surface area contributed by atoms with Gasteiger partial charge in [0.05, 0.1) is 35.4 Å². The van der Waals surface area contributed by atoms with Gasteiger partial charge in [0.15, 0.2) is 12.1 Å². The summed E-state index contributed by atoms with van der Waals surface area (Å²) in [5.41, 5.74) is 4.82. The largest absolute Gasteiger partial charge is 0.393 e. The number of hydrogen-bond acceptors (Lipinski definition) is 5. The van der Waals surface area contributed by atoms with Crippen LogP contribution in [0, 0.1) is 26.2 Å². The van der Waals surface area contributed by atoms with Crippen LogP contribution in [0.5, 0.6) is 0 Å². The summed E-state index contributed by atoms with van der Waals surface area (Å²) < 4.78 is 27.3. The minimum Gasteiger partial charge on any atom is -0.393 e. The molecule has 0 bridgehead atoms. The average molecular weight is 529 g/mol. The highest BCUT2D eigenvalue weighted by atomic mass is 16.7. The molecule has 4 aliphatic rings. The van der Waals surface area contributed by atoms with Gasteiger partial charge < -0.3 is 24.1 Å². The standard InChI is InChI=1S/C34H40O5/c1-21-14-22(2)29(23(3)15-21)31(5)37-28(18-32(39-31)12-13-32)33-19-34(33,17-24(4)35)38-30(36-20-33)27-11-10-25-8-6-7-9-26(25)16-27/h6-11,14-16,24,28,30,35H,12-13,17-20H2,1-5H3. The summed E-state index contributed by atoms with van der Waals surface area (Å²) >= 11 is 0. The summed E-state index contributed by atoms with van der Waals surface area (Å²) in [6, 6.07) is 19.2. The number of aliphatic hydroxyl groups is 1. The third-order valence-corrected chi connectivity index (χ3v) is 9.77. The second kappa shape index (κ2) is 8.61. The van der Waals surface area contributed by atoms with Crippen LogP contribution in [0.3, 0.4) is 0 Å². The molecule has 7 rings (SSSR count). The smallest absolute Gasteiger partial charge is 0.193 e. The van der Waals surface area contributed by atoms with E-state index in [9.17, 15) is 5.11 Å². The molecule has 5 nitrogen and oxygen atoms in total. The number of benzene rings is 3. The third kappa shape index (κ3) is 4.08. The van der Waals surface area contributed by atoms with Crippen LogP contribution in [0.15, 0.2) is 54.6 Å². The lowest BCUT2D eigenvalue weighted by Crippen LogP contribution is -2.54. The van der Waals surface area contributed by atoms with E-state index in [1.54, 1.807) is 0 Å². The molecule has 2 heterocycles. The molecule has 0 amide bonds. The van der Waals surface area contributed by atoms with E-state index in [4.69, 9.17) is 18.9 Å². The summed E-state index contributed by atoms with van der Waals surface area (Å²) in [5, 5.41) is 13.0. The molecule has 0 aromatic heterocycles. The first-order chi connectivity index (χ1) is 18.6. The van der Waals surface area contributed by atoms with Crippen molar-refractivity contribution in [1.82, 2.24) is 0 Å². The van der Waals surface area contributed by atoms with Gasteiger partial charge in [-0.2, -0.15) is 0 Å². The van der Waals surface area contributed by atoms with Crippen LogP contribution >= 0.6 is 0 Å². The van der Waals surface area contributed by atoms with Gasteiger partial charge in [-0.1, -0.05) is 54.1 Å². The zero-order valence-corrected chi connectivity index (χ0v) is 23.8. The van der Waals surface area contributed by atoms with E-state index in [0.29, 0.717) is 13.0 Å². The predicted octanol–water partition coefficient (Wildman–Crippen LogP) is 6.92. The minimum atomic E-state index is -0.843. The van der Waals surface area contributed by atoms with Gasteiger partial charge in [0, 0.05) is 24.0 Å². The molecule has 5 heteroatoms. The van der Waals surface area contributed by atoms with E-state index in [2.05, 4.69) is 82.3 Å². The summed E-state index contributed by atoms with van der Waals surface area (Å²) in [6.07, 6.45) is 3.28. The van der Waals surface area contributed by atoms with Gasteiger partial charge in [-0.05, 0) is 81.8 Å². The SMILES string of the molecule is Cc1cc(C)c(C2(C)OC(C34COC(c5ccc6ccccc6c5)OC3(CC(C)O)C4)CC3(CC3)O2)c(C)c1. The Morgan fingerprint density at radius 2 is 1.67 bits per heavy atom. The van der Waals surface area contributed by atoms with E-state index in [-0.39, 0.29) is 17.1 Å². The van der Waals surface area contributed by atoms with Crippen molar-refractivity contribution in [3.63, 3.8) is 0 Å². The second-order valence-electron chi connectivity index (χ2n) is 13.1. The second-order valence-corrected chi connectivity index (χ2v) is 13.1. The van der Waals surface area contributed by atoms with Gasteiger partial charge >= 0.3 is 0 Å². The number of aryl methyl sites for hydroxylation is 3. The van der Waals surface area contributed by atoms with Crippen molar-refractivity contribution in [2.45, 2.75) is 102 Å². The molecule has 2 aliphatic heterocycles. The molecule has 0 radical (unpaired) electrons. The Balaban J connectivity index is 1.22. The van der Waals surface area contributed by atoms with Gasteiger partial charge in [0.1, 0.15) is 0 Å². The first kappa shape index (κ1) is 25.7. The van der Waals surface area contributed by atoms with Crippen molar-refractivity contribution in [2.75, 3.05) is 6.61 Å². The summed E-state index contributed by atoms with van der Waals surface area (Å²) in [6.45, 7) is 10.9. The first-order valence-electron chi connectivity index (χ1n) is 14.5. The van der Waals surface area contributed by atoms with E-state index in [0.717, 1.165) is 36.8 Å². The van der Waals surface area contributed by atoms with Crippen molar-refractivity contribution in [1.29, 1.82) is 0 Å². The molecule has 39 heavy (non-hydrogen) atoms. The highest BCUT2D eigenvalue weighted by Crippen LogP contribution is 2.71. The van der Waals surface area contributed by atoms with E-state index in [1.165, 1.54) is 27.5 Å². The fourth-order valence-corrected chi connectivity index (χ4v) is 7.98. The van der Waals surface area contributed by atoms with Crippen molar-refractivity contribution >= 4 is 10.8 Å². The zero-order chi connectivity index (χ0) is 27.2. The molecule has 2 saturated carbocycles. The van der Waals surface area contributed by atoms with Crippen LogP contribution < -0.4 is 0 Å². The normalized spacial score (nSPS) is 35.5. The summed E-state index contributed by atoms with van der Waals surface area (Å²) in [5.74, 6) is -0.843. The first-order valence-corrected chi connectivity index (χ1v) is 14.5. The Kier molecular flexibility index (Phi) is 5.67. The lowest BCUT2D eigenvalue weighted by molar-refractivity contribution is -0.355. The number of aliphatic hydroxyl groups excluding tert-OH is 1. The van der Waals surface area contributed by atoms with E-state index < -0.39 is 23.8 Å². The lowest BCUT2D eigenvalue weighted by Gasteiger charge is -2.49. The Labute approximate surface area is 231 Å². The Bertz CT molecular complexity index is 1420. The molecule has 3 aromatic rings. The number of hydrogen-bond donors (Lipinski definition) is 1. The summed E-state index contributed by atoms with van der Waals surface area (Å²) in [4.78, 5) is 0. The molecule has 1 N–H and O–H groups in total. The molecule has 1 spiro atoms. The quantitative estimate of drug-likeness (QED) is 0.390. The van der Waals surface area contributed by atoms with Crippen molar-refractivity contribution in [2.24, 2.45) is 5.41 Å². The van der Waals surface area contributed by atoms with Crippen LogP contribution in [-0.2, 0) is 24.7 Å². The molecule has 2 aliphatic carbocycles. The van der Waals surface area contributed by atoms with E-state index in [1.807, 2.05) is 6.92 Å². The van der Waals surface area contributed by atoms with Crippen molar-refractivity contribution in [3.05, 3.63) is 82.4 Å². The maximum Gasteiger partial charge on any atom is 0.193 e. The molecule has 6 atom stereocenters. The third-order valence-electron chi connectivity index (χ3n) is 9.77. The Morgan fingerprint density at radius 1 is 0.949 bits per heavy atom. The Morgan fingerprint density at radius 3 is 2.36 bits per heavy atom. The van der Waals surface area contributed by atoms with Gasteiger partial charge in [0.2, 0.25) is 0 Å². The highest BCUT2D eigenvalue weighted by Gasteiger charge is 2.77. The lowest BCUT2D eigenvalue weighted by atomic mass is 9.84. The predicted molar refractivity (Wildman–Crippen MR) is 150 cm³/mol. The fourth-order valence-electron chi connectivity index (χ4n) is 7.98. The zero-order valence-electron chi connectivity index (χ0n) is 23.8. The van der Waals surface area contributed by atoms with Gasteiger partial charge in [-0.3, -0.25) is 0 Å².